The number of hydrogen-bond donors (Lipinski definition) is 1. The molecule has 1 N–H and O–H groups in total. The maximum atomic E-state index is 11.5. The van der Waals surface area contributed by atoms with Crippen LogP contribution in [0.1, 0.15) is 19.3 Å². The van der Waals surface area contributed by atoms with Gasteiger partial charge in [0.25, 0.3) is 0 Å². The fourth-order valence-corrected chi connectivity index (χ4v) is 3.99. The highest BCUT2D eigenvalue weighted by Gasteiger charge is 2.32. The minimum absolute atomic E-state index is 0.247. The van der Waals surface area contributed by atoms with Crippen LogP contribution < -0.4 is 0 Å². The van der Waals surface area contributed by atoms with Gasteiger partial charge in [-0.1, -0.05) is 0 Å². The summed E-state index contributed by atoms with van der Waals surface area (Å²) in [6.07, 6.45) is 3.49. The van der Waals surface area contributed by atoms with Crippen molar-refractivity contribution in [3.8, 4) is 0 Å². The monoisotopic (exact) mass is 290 g/mol. The van der Waals surface area contributed by atoms with E-state index in [1.807, 2.05) is 0 Å². The van der Waals surface area contributed by atoms with Crippen LogP contribution in [0.5, 0.6) is 0 Å². The highest BCUT2D eigenvalue weighted by atomic mass is 32.2. The molecule has 2 aliphatic rings. The third kappa shape index (κ3) is 4.15. The van der Waals surface area contributed by atoms with E-state index in [2.05, 4.69) is 4.90 Å². The molecule has 0 saturated carbocycles. The van der Waals surface area contributed by atoms with Gasteiger partial charge in [0, 0.05) is 32.7 Å². The van der Waals surface area contributed by atoms with Crippen molar-refractivity contribution >= 4 is 16.0 Å². The van der Waals surface area contributed by atoms with Gasteiger partial charge >= 0.3 is 5.97 Å². The third-order valence-corrected chi connectivity index (χ3v) is 5.23. The number of nitrogens with zero attached hydrogens (tertiary/aromatic N) is 2. The van der Waals surface area contributed by atoms with E-state index in [1.54, 1.807) is 4.31 Å². The van der Waals surface area contributed by atoms with Crippen LogP contribution in [0.25, 0.3) is 0 Å². The van der Waals surface area contributed by atoms with Crippen molar-refractivity contribution in [2.45, 2.75) is 19.3 Å². The molecule has 0 spiro atoms. The number of rotatable bonds is 5. The first-order chi connectivity index (χ1) is 8.84. The quantitative estimate of drug-likeness (QED) is 0.775. The average Bonchev–Trinajstić information content (AvgIpc) is 2.25. The predicted molar refractivity (Wildman–Crippen MR) is 71.3 cm³/mol. The van der Waals surface area contributed by atoms with Crippen LogP contribution >= 0.6 is 0 Å². The number of likely N-dealkylation sites (tertiary alicyclic amines) is 1. The molecule has 1 atom stereocenters. The van der Waals surface area contributed by atoms with E-state index in [1.165, 1.54) is 6.26 Å². The summed E-state index contributed by atoms with van der Waals surface area (Å²) >= 11 is 0. The number of carbonyl (C=O) groups is 1. The Morgan fingerprint density at radius 1 is 1.26 bits per heavy atom. The van der Waals surface area contributed by atoms with Gasteiger partial charge in [0.15, 0.2) is 0 Å². The van der Waals surface area contributed by atoms with Crippen LogP contribution in [0.4, 0.5) is 0 Å². The van der Waals surface area contributed by atoms with Gasteiger partial charge in [0.05, 0.1) is 12.7 Å². The van der Waals surface area contributed by atoms with Crippen molar-refractivity contribution in [2.24, 2.45) is 11.8 Å². The molecule has 1 unspecified atom stereocenters. The molecule has 2 aliphatic heterocycles. The van der Waals surface area contributed by atoms with Crippen LogP contribution in [0, 0.1) is 11.8 Å². The molecule has 0 aromatic rings. The first-order valence-electron chi connectivity index (χ1n) is 6.74. The molecule has 0 amide bonds. The number of piperidine rings is 1. The van der Waals surface area contributed by atoms with E-state index in [0.29, 0.717) is 19.0 Å². The Kier molecular flexibility index (Phi) is 4.47. The minimum atomic E-state index is -3.07. The summed E-state index contributed by atoms with van der Waals surface area (Å²) in [5, 5.41) is 8.69. The van der Waals surface area contributed by atoms with Gasteiger partial charge in [-0.2, -0.15) is 0 Å². The van der Waals surface area contributed by atoms with E-state index in [-0.39, 0.29) is 12.3 Å². The molecule has 19 heavy (non-hydrogen) atoms. The largest absolute Gasteiger partial charge is 0.481 e. The summed E-state index contributed by atoms with van der Waals surface area (Å²) < 4.78 is 24.6. The standard InChI is InChI=1S/C12H22N2O4S/c1-19(17,18)14-4-2-3-10(9-14)6-13-7-11(8-13)5-12(15)16/h10-11H,2-9H2,1H3,(H,15,16). The SMILES string of the molecule is CS(=O)(=O)N1CCCC(CN2CC(CC(=O)O)C2)C1. The van der Waals surface area contributed by atoms with Crippen LogP contribution in [0.2, 0.25) is 0 Å². The number of carboxylic acids is 1. The van der Waals surface area contributed by atoms with Gasteiger partial charge in [-0.05, 0) is 24.7 Å². The lowest BCUT2D eigenvalue weighted by Gasteiger charge is -2.42. The number of aliphatic carboxylic acids is 1. The number of sulfonamides is 1. The Hall–Kier alpha value is -0.660. The zero-order chi connectivity index (χ0) is 14.0. The van der Waals surface area contributed by atoms with Crippen molar-refractivity contribution in [1.82, 2.24) is 9.21 Å². The van der Waals surface area contributed by atoms with Crippen LogP contribution in [0.3, 0.4) is 0 Å². The Bertz CT molecular complexity index is 431. The second-order valence-corrected chi connectivity index (χ2v) is 7.79. The Balaban J connectivity index is 1.74. The lowest BCUT2D eigenvalue weighted by atomic mass is 9.92. The summed E-state index contributed by atoms with van der Waals surface area (Å²) in [5.74, 6) is -0.0769. The van der Waals surface area contributed by atoms with E-state index in [0.717, 1.165) is 32.5 Å². The lowest BCUT2D eigenvalue weighted by molar-refractivity contribution is -0.139. The molecule has 2 fully saturated rings. The van der Waals surface area contributed by atoms with Crippen molar-refractivity contribution in [2.75, 3.05) is 39.0 Å². The number of carboxylic acid groups (broad SMARTS) is 1. The fraction of sp³-hybridized carbons (Fsp3) is 0.917. The Morgan fingerprint density at radius 2 is 1.95 bits per heavy atom. The highest BCUT2D eigenvalue weighted by Crippen LogP contribution is 2.24. The third-order valence-electron chi connectivity index (χ3n) is 3.96. The van der Waals surface area contributed by atoms with Gasteiger partial charge in [-0.15, -0.1) is 0 Å². The maximum Gasteiger partial charge on any atom is 0.303 e. The van der Waals surface area contributed by atoms with Crippen molar-refractivity contribution in [3.63, 3.8) is 0 Å². The molecule has 6 nitrogen and oxygen atoms in total. The summed E-state index contributed by atoms with van der Waals surface area (Å²) in [5.41, 5.74) is 0. The van der Waals surface area contributed by atoms with Gasteiger partial charge in [0.2, 0.25) is 10.0 Å². The molecule has 2 saturated heterocycles. The molecule has 0 aliphatic carbocycles. The summed E-state index contributed by atoms with van der Waals surface area (Å²) in [6, 6.07) is 0. The van der Waals surface area contributed by atoms with Gasteiger partial charge < -0.3 is 10.0 Å². The molecule has 2 heterocycles. The molecule has 0 radical (unpaired) electrons. The molecule has 0 bridgehead atoms. The summed E-state index contributed by atoms with van der Waals surface area (Å²) in [4.78, 5) is 12.8. The second-order valence-electron chi connectivity index (χ2n) is 5.81. The van der Waals surface area contributed by atoms with E-state index in [4.69, 9.17) is 5.11 Å². The normalized spacial score (nSPS) is 27.1. The number of hydrogen-bond acceptors (Lipinski definition) is 4. The van der Waals surface area contributed by atoms with Crippen LogP contribution in [-0.2, 0) is 14.8 Å². The van der Waals surface area contributed by atoms with E-state index < -0.39 is 16.0 Å². The summed E-state index contributed by atoms with van der Waals surface area (Å²) in [7, 11) is -3.07. The first kappa shape index (κ1) is 14.7. The van der Waals surface area contributed by atoms with Gasteiger partial charge in [0.1, 0.15) is 0 Å². The zero-order valence-corrected chi connectivity index (χ0v) is 12.1. The minimum Gasteiger partial charge on any atom is -0.481 e. The van der Waals surface area contributed by atoms with Crippen LogP contribution in [0.15, 0.2) is 0 Å². The van der Waals surface area contributed by atoms with E-state index >= 15 is 0 Å². The Morgan fingerprint density at radius 3 is 2.53 bits per heavy atom. The molecular formula is C12H22N2O4S. The zero-order valence-electron chi connectivity index (χ0n) is 11.3. The molecular weight excluding hydrogens is 268 g/mol. The topological polar surface area (TPSA) is 77.9 Å². The van der Waals surface area contributed by atoms with Crippen molar-refractivity contribution in [1.29, 1.82) is 0 Å². The lowest BCUT2D eigenvalue weighted by Crippen LogP contribution is -2.51. The first-order valence-corrected chi connectivity index (χ1v) is 8.58. The van der Waals surface area contributed by atoms with Gasteiger partial charge in [-0.25, -0.2) is 12.7 Å². The second kappa shape index (κ2) is 5.76. The van der Waals surface area contributed by atoms with Gasteiger partial charge in [-0.3, -0.25) is 4.79 Å². The average molecular weight is 290 g/mol. The Labute approximate surface area is 114 Å². The highest BCUT2D eigenvalue weighted by molar-refractivity contribution is 7.88. The van der Waals surface area contributed by atoms with E-state index in [9.17, 15) is 13.2 Å². The molecule has 110 valence electrons. The molecule has 2 rings (SSSR count). The van der Waals surface area contributed by atoms with Crippen molar-refractivity contribution in [3.05, 3.63) is 0 Å². The van der Waals surface area contributed by atoms with Crippen molar-refractivity contribution < 1.29 is 18.3 Å². The maximum absolute atomic E-state index is 11.5. The molecule has 0 aromatic heterocycles. The smallest absolute Gasteiger partial charge is 0.303 e. The predicted octanol–water partition coefficient (Wildman–Crippen LogP) is 0.0645. The molecule has 7 heteroatoms. The fourth-order valence-electron chi connectivity index (χ4n) is 3.04. The summed E-state index contributed by atoms with van der Waals surface area (Å²) in [6.45, 7) is 3.81. The van der Waals surface area contributed by atoms with Crippen LogP contribution in [-0.4, -0.2) is 67.7 Å². The molecule has 0 aromatic carbocycles.